The number of rotatable bonds is 10. The Morgan fingerprint density at radius 2 is 1.95 bits per heavy atom. The number of furan rings is 1. The van der Waals surface area contributed by atoms with Gasteiger partial charge in [-0.25, -0.2) is 14.6 Å². The molecule has 3 aromatic heterocycles. The molecule has 6 rings (SSSR count). The molecule has 1 fully saturated rings. The fourth-order valence-electron chi connectivity index (χ4n) is 6.06. The molecule has 11 heteroatoms. The van der Waals surface area contributed by atoms with E-state index in [1.54, 1.807) is 43.0 Å². The lowest BCUT2D eigenvalue weighted by Gasteiger charge is -2.25. The number of nitrogens with zero attached hydrogens (tertiary/aromatic N) is 2. The van der Waals surface area contributed by atoms with Gasteiger partial charge in [0.1, 0.15) is 23.9 Å². The summed E-state index contributed by atoms with van der Waals surface area (Å²) in [5.41, 5.74) is 4.91. The number of fused-ring (bicyclic) bond motifs is 2. The third kappa shape index (κ3) is 5.57. The van der Waals surface area contributed by atoms with Gasteiger partial charge in [0.15, 0.2) is 6.61 Å². The first kappa shape index (κ1) is 28.1. The first-order valence-corrected chi connectivity index (χ1v) is 14.3. The lowest BCUT2D eigenvalue weighted by atomic mass is 9.94. The van der Waals surface area contributed by atoms with E-state index in [1.807, 2.05) is 19.1 Å². The Kier molecular flexibility index (Phi) is 7.62. The topological polar surface area (TPSA) is 160 Å². The van der Waals surface area contributed by atoms with Crippen molar-refractivity contribution in [2.75, 3.05) is 6.61 Å². The number of carbonyl (C=O) groups is 3. The third-order valence-corrected chi connectivity index (χ3v) is 8.21. The number of aromatic nitrogens is 3. The summed E-state index contributed by atoms with van der Waals surface area (Å²) in [5.74, 6) is -1.64. The third-order valence-electron chi connectivity index (χ3n) is 8.21. The lowest BCUT2D eigenvalue weighted by molar-refractivity contribution is -0.140. The first-order chi connectivity index (χ1) is 20.8. The zero-order valence-electron chi connectivity index (χ0n) is 23.6. The van der Waals surface area contributed by atoms with Gasteiger partial charge in [0, 0.05) is 35.1 Å². The molecule has 5 aromatic rings. The van der Waals surface area contributed by atoms with E-state index in [1.165, 1.54) is 6.42 Å². The minimum atomic E-state index is -1.22. The van der Waals surface area contributed by atoms with Gasteiger partial charge in [0.05, 0.1) is 22.9 Å². The van der Waals surface area contributed by atoms with Gasteiger partial charge in [-0.05, 0) is 67.3 Å². The van der Waals surface area contributed by atoms with Gasteiger partial charge < -0.3 is 34.2 Å². The summed E-state index contributed by atoms with van der Waals surface area (Å²) in [5, 5.41) is 22.3. The highest BCUT2D eigenvalue weighted by Gasteiger charge is 2.27. The molecule has 0 radical (unpaired) electrons. The van der Waals surface area contributed by atoms with Crippen LogP contribution in [0.4, 0.5) is 0 Å². The molecular formula is C32H32N4O7. The Morgan fingerprint density at radius 3 is 2.67 bits per heavy atom. The molecule has 4 N–H and O–H groups in total. The van der Waals surface area contributed by atoms with Crippen LogP contribution in [0, 0.1) is 6.92 Å². The number of aromatic amines is 1. The van der Waals surface area contributed by atoms with E-state index in [0.717, 1.165) is 48.1 Å². The van der Waals surface area contributed by atoms with Crippen molar-refractivity contribution in [2.24, 2.45) is 0 Å². The van der Waals surface area contributed by atoms with Gasteiger partial charge in [0.25, 0.3) is 5.91 Å². The van der Waals surface area contributed by atoms with Gasteiger partial charge >= 0.3 is 11.9 Å². The number of H-pyrrole nitrogens is 1. The Bertz CT molecular complexity index is 1810. The van der Waals surface area contributed by atoms with E-state index >= 15 is 0 Å². The van der Waals surface area contributed by atoms with Crippen molar-refractivity contribution < 1.29 is 33.8 Å². The van der Waals surface area contributed by atoms with E-state index in [0.29, 0.717) is 39.4 Å². The van der Waals surface area contributed by atoms with Crippen molar-refractivity contribution in [1.29, 1.82) is 0 Å². The van der Waals surface area contributed by atoms with Gasteiger partial charge in [-0.2, -0.15) is 0 Å². The maximum absolute atomic E-state index is 13.5. The normalized spacial score (nSPS) is 14.6. The Balaban J connectivity index is 1.29. The fourth-order valence-corrected chi connectivity index (χ4v) is 6.06. The van der Waals surface area contributed by atoms with Crippen LogP contribution >= 0.6 is 0 Å². The van der Waals surface area contributed by atoms with Crippen LogP contribution < -0.4 is 10.1 Å². The average molecular weight is 585 g/mol. The van der Waals surface area contributed by atoms with Crippen LogP contribution in [-0.2, 0) is 16.0 Å². The number of carboxylic acid groups (broad SMARTS) is 2. The highest BCUT2D eigenvalue weighted by molar-refractivity contribution is 6.02. The predicted octanol–water partition coefficient (Wildman–Crippen LogP) is 5.48. The summed E-state index contributed by atoms with van der Waals surface area (Å²) in [6.07, 6.45) is 10.6. The molecule has 1 amide bonds. The van der Waals surface area contributed by atoms with Crippen LogP contribution in [0.25, 0.3) is 33.3 Å². The second kappa shape index (κ2) is 11.7. The molecule has 222 valence electrons. The van der Waals surface area contributed by atoms with Crippen molar-refractivity contribution in [2.45, 2.75) is 57.5 Å². The number of ether oxygens (including phenoxy) is 1. The van der Waals surface area contributed by atoms with Crippen molar-refractivity contribution in [3.05, 3.63) is 71.8 Å². The van der Waals surface area contributed by atoms with Crippen molar-refractivity contribution >= 4 is 39.8 Å². The molecule has 11 nitrogen and oxygen atoms in total. The molecule has 1 aliphatic carbocycles. The summed E-state index contributed by atoms with van der Waals surface area (Å²) in [4.78, 5) is 44.8. The number of carboxylic acids is 2. The highest BCUT2D eigenvalue weighted by Crippen LogP contribution is 2.37. The zero-order chi connectivity index (χ0) is 30.1. The molecule has 0 saturated heterocycles. The first-order valence-electron chi connectivity index (χ1n) is 14.3. The van der Waals surface area contributed by atoms with Crippen LogP contribution in [0.1, 0.15) is 59.6 Å². The number of carbonyl (C=O) groups excluding carboxylic acids is 1. The van der Waals surface area contributed by atoms with E-state index in [9.17, 15) is 19.5 Å². The summed E-state index contributed by atoms with van der Waals surface area (Å²) < 4.78 is 12.9. The molecule has 1 atom stereocenters. The van der Waals surface area contributed by atoms with Crippen LogP contribution in [-0.4, -0.2) is 55.2 Å². The van der Waals surface area contributed by atoms with Crippen molar-refractivity contribution in [3.63, 3.8) is 0 Å². The van der Waals surface area contributed by atoms with Crippen molar-refractivity contribution in [1.82, 2.24) is 19.9 Å². The predicted molar refractivity (Wildman–Crippen MR) is 158 cm³/mol. The Morgan fingerprint density at radius 1 is 1.14 bits per heavy atom. The van der Waals surface area contributed by atoms with Gasteiger partial charge in [-0.15, -0.1) is 0 Å². The highest BCUT2D eigenvalue weighted by atomic mass is 16.5. The smallest absolute Gasteiger partial charge is 0.341 e. The summed E-state index contributed by atoms with van der Waals surface area (Å²) in [7, 11) is 0. The van der Waals surface area contributed by atoms with Crippen LogP contribution in [0.3, 0.4) is 0 Å². The van der Waals surface area contributed by atoms with Gasteiger partial charge in [0.2, 0.25) is 0 Å². The second-order valence-corrected chi connectivity index (χ2v) is 11.0. The molecule has 2 aromatic carbocycles. The van der Waals surface area contributed by atoms with Crippen LogP contribution in [0.5, 0.6) is 5.75 Å². The molecule has 0 unspecified atom stereocenters. The average Bonchev–Trinajstić information content (AvgIpc) is 3.75. The lowest BCUT2D eigenvalue weighted by Crippen LogP contribution is -2.42. The number of hydrogen-bond acceptors (Lipinski definition) is 6. The van der Waals surface area contributed by atoms with E-state index in [-0.39, 0.29) is 6.42 Å². The number of hydrogen-bond donors (Lipinski definition) is 4. The fraction of sp³-hybridized carbons (Fsp3) is 0.312. The standard InChI is InChI=1S/C32H32N4O7/c1-18-23(8-10-27-29(18)35-30(19-11-12-42-16-19)36(27)21-5-3-2-4-6-21)31(39)34-26(32(40)41)13-20-15-33-25-9-7-22(14-24(20)25)43-17-28(37)38/h7-12,14-16,21,26,33H,2-6,13,17H2,1H3,(H,34,39)(H,37,38)(H,40,41)/t26-/m0/s1. The summed E-state index contributed by atoms with van der Waals surface area (Å²) in [6, 6.07) is 9.62. The molecule has 0 bridgehead atoms. The summed E-state index contributed by atoms with van der Waals surface area (Å²) >= 11 is 0. The largest absolute Gasteiger partial charge is 0.482 e. The SMILES string of the molecule is Cc1c(C(=O)N[C@@H](Cc2c[nH]c3ccc(OCC(=O)O)cc23)C(=O)O)ccc2c1nc(-c1ccoc1)n2C1CCCCC1. The Labute approximate surface area is 246 Å². The molecular weight excluding hydrogens is 552 g/mol. The number of aryl methyl sites for hydroxylation is 1. The molecule has 43 heavy (non-hydrogen) atoms. The molecule has 0 aliphatic heterocycles. The molecule has 1 saturated carbocycles. The number of imidazole rings is 1. The van der Waals surface area contributed by atoms with Gasteiger partial charge in [-0.1, -0.05) is 19.3 Å². The van der Waals surface area contributed by atoms with E-state index in [2.05, 4.69) is 14.9 Å². The Hall–Kier alpha value is -5.06. The zero-order valence-corrected chi connectivity index (χ0v) is 23.6. The van der Waals surface area contributed by atoms with Crippen LogP contribution in [0.15, 0.2) is 59.5 Å². The monoisotopic (exact) mass is 584 g/mol. The van der Waals surface area contributed by atoms with Crippen LogP contribution in [0.2, 0.25) is 0 Å². The maximum atomic E-state index is 13.5. The van der Waals surface area contributed by atoms with E-state index in [4.69, 9.17) is 19.2 Å². The van der Waals surface area contributed by atoms with Crippen molar-refractivity contribution in [3.8, 4) is 17.1 Å². The maximum Gasteiger partial charge on any atom is 0.341 e. The van der Waals surface area contributed by atoms with Gasteiger partial charge in [-0.3, -0.25) is 4.79 Å². The van der Waals surface area contributed by atoms with E-state index < -0.39 is 30.5 Å². The number of amides is 1. The second-order valence-electron chi connectivity index (χ2n) is 11.0. The molecule has 0 spiro atoms. The minimum absolute atomic E-state index is 0.00565. The number of aliphatic carboxylic acids is 2. The summed E-state index contributed by atoms with van der Waals surface area (Å²) in [6.45, 7) is 1.34. The molecule has 1 aliphatic rings. The quantitative estimate of drug-likeness (QED) is 0.168. The minimum Gasteiger partial charge on any atom is -0.482 e. The number of benzene rings is 2. The molecule has 3 heterocycles. The number of nitrogens with one attached hydrogen (secondary N) is 2.